The van der Waals surface area contributed by atoms with Crippen molar-refractivity contribution in [2.24, 2.45) is 5.92 Å². The number of carbonyl (C=O) groups excluding carboxylic acids is 2. The molecule has 106 valence electrons. The summed E-state index contributed by atoms with van der Waals surface area (Å²) >= 11 is 0. The summed E-state index contributed by atoms with van der Waals surface area (Å²) in [7, 11) is 0. The lowest BCUT2D eigenvalue weighted by Crippen LogP contribution is -2.37. The molecule has 6 heteroatoms. The summed E-state index contributed by atoms with van der Waals surface area (Å²) in [6, 6.07) is 0. The van der Waals surface area contributed by atoms with E-state index in [0.29, 0.717) is 19.3 Å². The molecule has 19 heavy (non-hydrogen) atoms. The first-order valence-electron chi connectivity index (χ1n) is 6.33. The van der Waals surface area contributed by atoms with E-state index in [1.807, 2.05) is 0 Å². The number of aliphatic carboxylic acids is 1. The van der Waals surface area contributed by atoms with Gasteiger partial charge in [-0.1, -0.05) is 12.2 Å². The maximum Gasteiger partial charge on any atom is 0.306 e. The van der Waals surface area contributed by atoms with E-state index in [9.17, 15) is 14.4 Å². The number of carbonyl (C=O) groups is 3. The molecule has 0 radical (unpaired) electrons. The summed E-state index contributed by atoms with van der Waals surface area (Å²) in [5, 5.41) is 11.4. The molecule has 1 rings (SSSR count). The highest BCUT2D eigenvalue weighted by molar-refractivity contribution is 5.83. The molecule has 0 spiro atoms. The van der Waals surface area contributed by atoms with Crippen LogP contribution < -0.4 is 5.32 Å². The van der Waals surface area contributed by atoms with Crippen LogP contribution in [0.15, 0.2) is 12.2 Å². The normalized spacial score (nSPS) is 27.4. The standard InChI is InChI=1S/C13H19NO5/c1-9-8-14-13(18)10(7-11(15)16)5-3-2-4-6-12(17)19-9/h2-3,9-10H,4-8H2,1H3,(H,14,18)(H,15,16)/b3-2-/t9-,10+/m1/s1. The lowest BCUT2D eigenvalue weighted by Gasteiger charge is -2.18. The first-order valence-corrected chi connectivity index (χ1v) is 6.33. The molecular weight excluding hydrogens is 250 g/mol. The van der Waals surface area contributed by atoms with Gasteiger partial charge < -0.3 is 15.2 Å². The van der Waals surface area contributed by atoms with Gasteiger partial charge in [0.25, 0.3) is 0 Å². The van der Waals surface area contributed by atoms with E-state index in [1.54, 1.807) is 19.1 Å². The van der Waals surface area contributed by atoms with Crippen LogP contribution in [0.4, 0.5) is 0 Å². The maximum atomic E-state index is 11.8. The van der Waals surface area contributed by atoms with Crippen molar-refractivity contribution in [1.29, 1.82) is 0 Å². The Morgan fingerprint density at radius 1 is 1.47 bits per heavy atom. The SMILES string of the molecule is C[C@@H]1CNC(=O)[C@H](CC(=O)O)C/C=C\CCC(=O)O1. The molecule has 0 aromatic rings. The number of hydrogen-bond donors (Lipinski definition) is 2. The molecule has 0 bridgehead atoms. The van der Waals surface area contributed by atoms with Gasteiger partial charge in [-0.2, -0.15) is 0 Å². The number of cyclic esters (lactones) is 1. The van der Waals surface area contributed by atoms with Crippen molar-refractivity contribution in [1.82, 2.24) is 5.32 Å². The van der Waals surface area contributed by atoms with Gasteiger partial charge in [0.2, 0.25) is 5.91 Å². The van der Waals surface area contributed by atoms with Crippen molar-refractivity contribution in [3.8, 4) is 0 Å². The van der Waals surface area contributed by atoms with Crippen LogP contribution in [-0.2, 0) is 19.1 Å². The van der Waals surface area contributed by atoms with Gasteiger partial charge in [0.05, 0.1) is 18.9 Å². The monoisotopic (exact) mass is 269 g/mol. The Morgan fingerprint density at radius 2 is 2.21 bits per heavy atom. The van der Waals surface area contributed by atoms with Crippen LogP contribution in [0, 0.1) is 5.92 Å². The smallest absolute Gasteiger partial charge is 0.306 e. The number of nitrogens with one attached hydrogen (secondary N) is 1. The van der Waals surface area contributed by atoms with Crippen LogP contribution >= 0.6 is 0 Å². The van der Waals surface area contributed by atoms with Crippen LogP contribution in [0.25, 0.3) is 0 Å². The number of amides is 1. The zero-order valence-corrected chi connectivity index (χ0v) is 10.9. The highest BCUT2D eigenvalue weighted by Crippen LogP contribution is 2.12. The molecule has 0 aromatic heterocycles. The van der Waals surface area contributed by atoms with Gasteiger partial charge in [-0.05, 0) is 19.8 Å². The minimum atomic E-state index is -1.000. The van der Waals surface area contributed by atoms with E-state index in [2.05, 4.69) is 5.32 Å². The number of carboxylic acids is 1. The summed E-state index contributed by atoms with van der Waals surface area (Å²) in [6.45, 7) is 1.89. The van der Waals surface area contributed by atoms with Gasteiger partial charge in [0.15, 0.2) is 0 Å². The molecule has 2 atom stereocenters. The predicted octanol–water partition coefficient (Wildman–Crippen LogP) is 0.865. The van der Waals surface area contributed by atoms with Gasteiger partial charge in [-0.25, -0.2) is 0 Å². The highest BCUT2D eigenvalue weighted by Gasteiger charge is 2.21. The predicted molar refractivity (Wildman–Crippen MR) is 67.3 cm³/mol. The number of ether oxygens (including phenoxy) is 1. The fraction of sp³-hybridized carbons (Fsp3) is 0.615. The molecule has 0 fully saturated rings. The summed E-state index contributed by atoms with van der Waals surface area (Å²) < 4.78 is 5.08. The van der Waals surface area contributed by atoms with Crippen molar-refractivity contribution in [3.05, 3.63) is 12.2 Å². The van der Waals surface area contributed by atoms with E-state index >= 15 is 0 Å². The van der Waals surface area contributed by atoms with Gasteiger partial charge >= 0.3 is 11.9 Å². The maximum absolute atomic E-state index is 11.8. The van der Waals surface area contributed by atoms with E-state index < -0.39 is 18.0 Å². The summed E-state index contributed by atoms with van der Waals surface area (Å²) in [5.74, 6) is -2.21. The molecule has 1 amide bonds. The Bertz CT molecular complexity index is 377. The molecule has 1 aliphatic rings. The molecule has 0 aliphatic carbocycles. The molecule has 1 aliphatic heterocycles. The lowest BCUT2D eigenvalue weighted by atomic mass is 9.99. The van der Waals surface area contributed by atoms with Crippen molar-refractivity contribution in [2.45, 2.75) is 38.7 Å². The topological polar surface area (TPSA) is 92.7 Å². The average molecular weight is 269 g/mol. The van der Waals surface area contributed by atoms with E-state index in [4.69, 9.17) is 9.84 Å². The Hall–Kier alpha value is -1.85. The molecule has 2 N–H and O–H groups in total. The summed E-state index contributed by atoms with van der Waals surface area (Å²) in [6.07, 6.45) is 4.09. The van der Waals surface area contributed by atoms with Crippen molar-refractivity contribution < 1.29 is 24.2 Å². The molecule has 0 saturated carbocycles. The van der Waals surface area contributed by atoms with E-state index in [1.165, 1.54) is 0 Å². The number of allylic oxidation sites excluding steroid dienone is 2. The highest BCUT2D eigenvalue weighted by atomic mass is 16.5. The second-order valence-corrected chi connectivity index (χ2v) is 4.59. The molecular formula is C13H19NO5. The molecule has 0 saturated heterocycles. The molecule has 0 aromatic carbocycles. The van der Waals surface area contributed by atoms with Crippen molar-refractivity contribution in [2.75, 3.05) is 6.54 Å². The number of hydrogen-bond acceptors (Lipinski definition) is 4. The van der Waals surface area contributed by atoms with Crippen molar-refractivity contribution in [3.63, 3.8) is 0 Å². The van der Waals surface area contributed by atoms with Crippen LogP contribution in [0.5, 0.6) is 0 Å². The Balaban J connectivity index is 2.69. The van der Waals surface area contributed by atoms with Crippen LogP contribution in [0.2, 0.25) is 0 Å². The third-order valence-electron chi connectivity index (χ3n) is 2.79. The summed E-state index contributed by atoms with van der Waals surface area (Å²) in [4.78, 5) is 33.9. The van der Waals surface area contributed by atoms with Crippen LogP contribution in [-0.4, -0.2) is 35.6 Å². The largest absolute Gasteiger partial charge is 0.481 e. The number of carboxylic acid groups (broad SMARTS) is 1. The van der Waals surface area contributed by atoms with Gasteiger partial charge in [0, 0.05) is 6.42 Å². The summed E-state index contributed by atoms with van der Waals surface area (Å²) in [5.41, 5.74) is 0. The van der Waals surface area contributed by atoms with E-state index in [-0.39, 0.29) is 24.8 Å². The number of esters is 1. The Morgan fingerprint density at radius 3 is 2.89 bits per heavy atom. The number of rotatable bonds is 2. The molecule has 1 heterocycles. The average Bonchev–Trinajstić information content (AvgIpc) is 2.32. The fourth-order valence-electron chi connectivity index (χ4n) is 1.79. The van der Waals surface area contributed by atoms with Crippen LogP contribution in [0.3, 0.4) is 0 Å². The fourth-order valence-corrected chi connectivity index (χ4v) is 1.79. The molecule has 0 unspecified atom stereocenters. The first kappa shape index (κ1) is 15.2. The third-order valence-corrected chi connectivity index (χ3v) is 2.79. The third kappa shape index (κ3) is 6.03. The zero-order chi connectivity index (χ0) is 14.3. The lowest BCUT2D eigenvalue weighted by molar-refractivity contribution is -0.148. The van der Waals surface area contributed by atoms with Crippen LogP contribution in [0.1, 0.15) is 32.6 Å². The zero-order valence-electron chi connectivity index (χ0n) is 10.9. The Labute approximate surface area is 111 Å². The van der Waals surface area contributed by atoms with Gasteiger partial charge in [-0.3, -0.25) is 14.4 Å². The van der Waals surface area contributed by atoms with Crippen molar-refractivity contribution >= 4 is 17.8 Å². The quantitative estimate of drug-likeness (QED) is 0.573. The second kappa shape index (κ2) is 7.56. The Kier molecular flexibility index (Phi) is 6.05. The minimum Gasteiger partial charge on any atom is -0.481 e. The second-order valence-electron chi connectivity index (χ2n) is 4.59. The molecule has 6 nitrogen and oxygen atoms in total. The first-order chi connectivity index (χ1) is 8.99. The van der Waals surface area contributed by atoms with E-state index in [0.717, 1.165) is 0 Å². The van der Waals surface area contributed by atoms with Gasteiger partial charge in [-0.15, -0.1) is 0 Å². The minimum absolute atomic E-state index is 0.199. The van der Waals surface area contributed by atoms with Gasteiger partial charge in [0.1, 0.15) is 6.10 Å².